The number of carbonyl (C=O) groups is 2. The van der Waals surface area contributed by atoms with Crippen LogP contribution in [-0.4, -0.2) is 17.1 Å². The summed E-state index contributed by atoms with van der Waals surface area (Å²) in [5, 5.41) is 14.3. The van der Waals surface area contributed by atoms with Crippen LogP contribution in [0.4, 0.5) is 16.2 Å². The first-order valence-electron chi connectivity index (χ1n) is 5.82. The lowest BCUT2D eigenvalue weighted by molar-refractivity contribution is 0.0698. The lowest BCUT2D eigenvalue weighted by Crippen LogP contribution is -2.21. The minimum absolute atomic E-state index is 0.00957. The van der Waals surface area contributed by atoms with Gasteiger partial charge in [0.15, 0.2) is 0 Å². The van der Waals surface area contributed by atoms with Crippen molar-refractivity contribution in [1.82, 2.24) is 0 Å². The number of aromatic carboxylic acids is 1. The quantitative estimate of drug-likeness (QED) is 0.690. The van der Waals surface area contributed by atoms with Crippen LogP contribution in [0.1, 0.15) is 10.4 Å². The Hall–Kier alpha value is -1.86. The van der Waals surface area contributed by atoms with E-state index in [1.54, 1.807) is 30.3 Å². The van der Waals surface area contributed by atoms with Gasteiger partial charge in [0.05, 0.1) is 11.3 Å². The van der Waals surface area contributed by atoms with Crippen LogP contribution in [0.15, 0.2) is 51.4 Å². The molecule has 2 aromatic rings. The van der Waals surface area contributed by atoms with E-state index in [4.69, 9.17) is 5.11 Å². The fraction of sp³-hybridized carbons (Fsp3) is 0. The van der Waals surface area contributed by atoms with Crippen LogP contribution < -0.4 is 10.6 Å². The lowest BCUT2D eigenvalue weighted by atomic mass is 10.2. The van der Waals surface area contributed by atoms with Gasteiger partial charge in [-0.15, -0.1) is 0 Å². The minimum atomic E-state index is -1.12. The average molecular weight is 414 g/mol. The molecule has 0 fully saturated rings. The van der Waals surface area contributed by atoms with Crippen molar-refractivity contribution in [2.75, 3.05) is 10.6 Å². The second-order valence-corrected chi connectivity index (χ2v) is 5.91. The Kier molecular flexibility index (Phi) is 4.98. The molecule has 0 unspecified atom stereocenters. The van der Waals surface area contributed by atoms with Crippen molar-refractivity contribution < 1.29 is 14.7 Å². The molecule has 2 rings (SSSR count). The topological polar surface area (TPSA) is 78.4 Å². The average Bonchev–Trinajstić information content (AvgIpc) is 2.43. The Bertz CT molecular complexity index is 687. The number of carbonyl (C=O) groups excluding carboxylic acids is 1. The smallest absolute Gasteiger partial charge is 0.337 e. The Balaban J connectivity index is 2.12. The molecule has 0 aromatic heterocycles. The van der Waals surface area contributed by atoms with Crippen molar-refractivity contribution in [2.45, 2.75) is 0 Å². The Morgan fingerprint density at radius 2 is 1.52 bits per heavy atom. The lowest BCUT2D eigenvalue weighted by Gasteiger charge is -2.10. The van der Waals surface area contributed by atoms with E-state index in [9.17, 15) is 9.59 Å². The number of halogens is 2. The van der Waals surface area contributed by atoms with Crippen LogP contribution in [0, 0.1) is 0 Å². The molecule has 0 saturated carbocycles. The largest absolute Gasteiger partial charge is 0.478 e. The van der Waals surface area contributed by atoms with E-state index in [1.807, 2.05) is 0 Å². The summed E-state index contributed by atoms with van der Waals surface area (Å²) < 4.78 is 1.52. The number of rotatable bonds is 3. The van der Waals surface area contributed by atoms with E-state index < -0.39 is 12.0 Å². The van der Waals surface area contributed by atoms with E-state index in [0.717, 1.165) is 4.47 Å². The minimum Gasteiger partial charge on any atom is -0.478 e. The molecule has 0 aliphatic carbocycles. The molecular formula is C14H10Br2N2O3. The van der Waals surface area contributed by atoms with Crippen molar-refractivity contribution in [3.05, 3.63) is 57.0 Å². The SMILES string of the molecule is O=C(Nc1ccc(Br)cc1)Nc1ccc(Br)cc1C(=O)O. The van der Waals surface area contributed by atoms with Gasteiger partial charge in [-0.2, -0.15) is 0 Å². The third-order valence-corrected chi connectivity index (χ3v) is 3.58. The van der Waals surface area contributed by atoms with Gasteiger partial charge in [-0.05, 0) is 42.5 Å². The first kappa shape index (κ1) is 15.5. The fourth-order valence-electron chi connectivity index (χ4n) is 1.62. The number of urea groups is 1. The molecule has 0 heterocycles. The molecule has 21 heavy (non-hydrogen) atoms. The Morgan fingerprint density at radius 1 is 0.905 bits per heavy atom. The standard InChI is InChI=1S/C14H10Br2N2O3/c15-8-1-4-10(5-2-8)17-14(21)18-12-6-3-9(16)7-11(12)13(19)20/h1-7H,(H,19,20)(H2,17,18,21). The van der Waals surface area contributed by atoms with Crippen molar-refractivity contribution in [3.8, 4) is 0 Å². The van der Waals surface area contributed by atoms with Gasteiger partial charge in [-0.25, -0.2) is 9.59 Å². The van der Waals surface area contributed by atoms with Crippen molar-refractivity contribution in [3.63, 3.8) is 0 Å². The van der Waals surface area contributed by atoms with E-state index in [2.05, 4.69) is 42.5 Å². The number of carboxylic acid groups (broad SMARTS) is 1. The number of anilines is 2. The highest BCUT2D eigenvalue weighted by molar-refractivity contribution is 9.10. The molecule has 2 amide bonds. The van der Waals surface area contributed by atoms with Gasteiger partial charge in [0.1, 0.15) is 0 Å². The van der Waals surface area contributed by atoms with Gasteiger partial charge < -0.3 is 15.7 Å². The van der Waals surface area contributed by atoms with Gasteiger partial charge in [-0.3, -0.25) is 0 Å². The van der Waals surface area contributed by atoms with Gasteiger partial charge >= 0.3 is 12.0 Å². The number of carboxylic acids is 1. The molecule has 0 spiro atoms. The summed E-state index contributed by atoms with van der Waals surface area (Å²) >= 11 is 6.49. The molecule has 0 aliphatic rings. The highest BCUT2D eigenvalue weighted by Gasteiger charge is 2.13. The van der Waals surface area contributed by atoms with Gasteiger partial charge in [0.2, 0.25) is 0 Å². The van der Waals surface area contributed by atoms with Crippen LogP contribution >= 0.6 is 31.9 Å². The summed E-state index contributed by atoms with van der Waals surface area (Å²) in [6.45, 7) is 0. The van der Waals surface area contributed by atoms with Crippen molar-refractivity contribution in [1.29, 1.82) is 0 Å². The maximum absolute atomic E-state index is 11.9. The zero-order valence-corrected chi connectivity index (χ0v) is 13.7. The molecule has 2 aromatic carbocycles. The van der Waals surface area contributed by atoms with Crippen LogP contribution in [0.25, 0.3) is 0 Å². The second-order valence-electron chi connectivity index (χ2n) is 4.08. The third kappa shape index (κ3) is 4.30. The van der Waals surface area contributed by atoms with E-state index in [0.29, 0.717) is 10.2 Å². The number of nitrogens with one attached hydrogen (secondary N) is 2. The Morgan fingerprint density at radius 3 is 2.14 bits per heavy atom. The van der Waals surface area contributed by atoms with E-state index in [-0.39, 0.29) is 11.3 Å². The molecular weight excluding hydrogens is 404 g/mol. The second kappa shape index (κ2) is 6.73. The predicted octanol–water partition coefficient (Wildman–Crippen LogP) is 4.55. The molecule has 0 aliphatic heterocycles. The fourth-order valence-corrected chi connectivity index (χ4v) is 2.25. The number of hydrogen-bond donors (Lipinski definition) is 3. The van der Waals surface area contributed by atoms with E-state index >= 15 is 0 Å². The van der Waals surface area contributed by atoms with Gasteiger partial charge in [0.25, 0.3) is 0 Å². The molecule has 7 heteroatoms. The van der Waals surface area contributed by atoms with Crippen LogP contribution in [0.5, 0.6) is 0 Å². The third-order valence-electron chi connectivity index (χ3n) is 2.56. The summed E-state index contributed by atoms with van der Waals surface area (Å²) in [7, 11) is 0. The van der Waals surface area contributed by atoms with Crippen LogP contribution in [0.2, 0.25) is 0 Å². The van der Waals surface area contributed by atoms with Crippen LogP contribution in [0.3, 0.4) is 0 Å². The molecule has 5 nitrogen and oxygen atoms in total. The highest BCUT2D eigenvalue weighted by atomic mass is 79.9. The molecule has 0 saturated heterocycles. The molecule has 108 valence electrons. The summed E-state index contributed by atoms with van der Waals surface area (Å²) in [4.78, 5) is 23.0. The first-order chi connectivity index (χ1) is 9.95. The summed E-state index contributed by atoms with van der Waals surface area (Å²) in [6.07, 6.45) is 0. The highest BCUT2D eigenvalue weighted by Crippen LogP contribution is 2.21. The number of benzene rings is 2. The Labute approximate surface area is 137 Å². The van der Waals surface area contributed by atoms with Gasteiger partial charge in [0, 0.05) is 14.6 Å². The zero-order valence-electron chi connectivity index (χ0n) is 10.6. The summed E-state index contributed by atoms with van der Waals surface area (Å²) in [5.41, 5.74) is 0.834. The molecule has 3 N–H and O–H groups in total. The van der Waals surface area contributed by atoms with Crippen molar-refractivity contribution >= 4 is 55.2 Å². The predicted molar refractivity (Wildman–Crippen MR) is 87.9 cm³/mol. The van der Waals surface area contributed by atoms with Crippen LogP contribution in [-0.2, 0) is 0 Å². The molecule has 0 atom stereocenters. The molecule has 0 radical (unpaired) electrons. The van der Waals surface area contributed by atoms with Gasteiger partial charge in [-0.1, -0.05) is 31.9 Å². The van der Waals surface area contributed by atoms with E-state index in [1.165, 1.54) is 12.1 Å². The summed E-state index contributed by atoms with van der Waals surface area (Å²) in [6, 6.07) is 11.1. The summed E-state index contributed by atoms with van der Waals surface area (Å²) in [5.74, 6) is -1.12. The first-order valence-corrected chi connectivity index (χ1v) is 7.41. The normalized spacial score (nSPS) is 10.0. The monoisotopic (exact) mass is 412 g/mol. The number of hydrogen-bond acceptors (Lipinski definition) is 2. The zero-order chi connectivity index (χ0) is 15.4. The number of amides is 2. The molecule has 0 bridgehead atoms. The van der Waals surface area contributed by atoms with Crippen molar-refractivity contribution in [2.24, 2.45) is 0 Å². The maximum Gasteiger partial charge on any atom is 0.337 e. The maximum atomic E-state index is 11.9.